The summed E-state index contributed by atoms with van der Waals surface area (Å²) in [6, 6.07) is 2.00. The molecule has 1 aliphatic heterocycles. The number of anilines is 2. The molecule has 1 aromatic rings. The van der Waals surface area contributed by atoms with Crippen LogP contribution in [0.4, 0.5) is 11.5 Å². The van der Waals surface area contributed by atoms with Crippen LogP contribution < -0.4 is 15.1 Å². The summed E-state index contributed by atoms with van der Waals surface area (Å²) in [5.74, 6) is 0.719. The van der Waals surface area contributed by atoms with Gasteiger partial charge in [0.05, 0.1) is 18.4 Å². The molecular formula is C16H26N6O2. The van der Waals surface area contributed by atoms with Gasteiger partial charge in [-0.05, 0) is 6.42 Å². The monoisotopic (exact) mass is 334 g/mol. The minimum absolute atomic E-state index is 0.0350. The Kier molecular flexibility index (Phi) is 6.34. The van der Waals surface area contributed by atoms with E-state index >= 15 is 0 Å². The van der Waals surface area contributed by atoms with Crippen LogP contribution in [0.3, 0.4) is 0 Å². The summed E-state index contributed by atoms with van der Waals surface area (Å²) in [4.78, 5) is 29.5. The first kappa shape index (κ1) is 18.0. The Morgan fingerprint density at radius 2 is 1.96 bits per heavy atom. The third-order valence-electron chi connectivity index (χ3n) is 4.01. The van der Waals surface area contributed by atoms with Gasteiger partial charge in [0, 0.05) is 52.8 Å². The third-order valence-corrected chi connectivity index (χ3v) is 4.01. The van der Waals surface area contributed by atoms with E-state index in [4.69, 9.17) is 0 Å². The lowest BCUT2D eigenvalue weighted by atomic mass is 10.3. The molecule has 0 unspecified atom stereocenters. The third kappa shape index (κ3) is 4.81. The molecule has 2 heterocycles. The molecule has 2 amide bonds. The highest BCUT2D eigenvalue weighted by molar-refractivity contribution is 5.84. The lowest BCUT2D eigenvalue weighted by Crippen LogP contribution is -2.51. The molecule has 1 saturated heterocycles. The Labute approximate surface area is 142 Å². The summed E-state index contributed by atoms with van der Waals surface area (Å²) in [7, 11) is 3.93. The molecule has 1 fully saturated rings. The molecule has 0 bridgehead atoms. The van der Waals surface area contributed by atoms with Crippen molar-refractivity contribution in [3.05, 3.63) is 12.3 Å². The normalized spacial score (nSPS) is 14.5. The van der Waals surface area contributed by atoms with Crippen molar-refractivity contribution in [2.45, 2.75) is 19.8 Å². The van der Waals surface area contributed by atoms with E-state index < -0.39 is 0 Å². The van der Waals surface area contributed by atoms with Gasteiger partial charge in [-0.1, -0.05) is 6.92 Å². The minimum Gasteiger partial charge on any atom is -0.376 e. The van der Waals surface area contributed by atoms with Crippen LogP contribution in [0, 0.1) is 0 Å². The van der Waals surface area contributed by atoms with Crippen LogP contribution in [-0.4, -0.2) is 73.7 Å². The summed E-state index contributed by atoms with van der Waals surface area (Å²) >= 11 is 0. The number of hydrogen-bond donors (Lipinski definition) is 1. The summed E-state index contributed by atoms with van der Waals surface area (Å²) in [5.41, 5.74) is 0.997. The predicted molar refractivity (Wildman–Crippen MR) is 93.1 cm³/mol. The van der Waals surface area contributed by atoms with E-state index in [2.05, 4.69) is 20.4 Å². The minimum atomic E-state index is -0.0692. The number of carbonyl (C=O) groups is 2. The lowest BCUT2D eigenvalue weighted by Gasteiger charge is -2.35. The topological polar surface area (TPSA) is 81.7 Å². The van der Waals surface area contributed by atoms with E-state index in [1.165, 1.54) is 0 Å². The first-order chi connectivity index (χ1) is 11.5. The van der Waals surface area contributed by atoms with E-state index in [-0.39, 0.29) is 18.4 Å². The molecule has 0 spiro atoms. The zero-order valence-corrected chi connectivity index (χ0v) is 14.7. The maximum atomic E-state index is 12.2. The first-order valence-electron chi connectivity index (χ1n) is 8.30. The number of nitrogens with one attached hydrogen (secondary N) is 1. The lowest BCUT2D eigenvalue weighted by molar-refractivity contribution is -0.133. The largest absolute Gasteiger partial charge is 0.376 e. The second-order valence-corrected chi connectivity index (χ2v) is 6.06. The Bertz CT molecular complexity index is 569. The van der Waals surface area contributed by atoms with Gasteiger partial charge < -0.3 is 20.0 Å². The highest BCUT2D eigenvalue weighted by Crippen LogP contribution is 2.18. The molecule has 0 aliphatic carbocycles. The molecule has 1 N–H and O–H groups in total. The fourth-order valence-electron chi connectivity index (χ4n) is 2.53. The van der Waals surface area contributed by atoms with Crippen LogP contribution >= 0.6 is 0 Å². The van der Waals surface area contributed by atoms with Crippen LogP contribution in [0.25, 0.3) is 0 Å². The van der Waals surface area contributed by atoms with Crippen molar-refractivity contribution in [3.8, 4) is 0 Å². The van der Waals surface area contributed by atoms with Gasteiger partial charge in [0.25, 0.3) is 0 Å². The van der Waals surface area contributed by atoms with E-state index in [0.29, 0.717) is 32.6 Å². The highest BCUT2D eigenvalue weighted by Gasteiger charge is 2.22. The average molecular weight is 334 g/mol. The molecule has 132 valence electrons. The molecule has 0 radical (unpaired) electrons. The number of hydrogen-bond acceptors (Lipinski definition) is 6. The van der Waals surface area contributed by atoms with Crippen LogP contribution in [0.15, 0.2) is 12.3 Å². The molecule has 1 aliphatic rings. The Hall–Kier alpha value is -2.38. The molecule has 2 rings (SSSR count). The van der Waals surface area contributed by atoms with Gasteiger partial charge in [-0.25, -0.2) is 0 Å². The SMILES string of the molecule is CCCC(=O)NCC(=O)N1CCN(c2cc(N(C)C)cnn2)CC1. The van der Waals surface area contributed by atoms with Crippen molar-refractivity contribution in [2.75, 3.05) is 56.6 Å². The van der Waals surface area contributed by atoms with Crippen LogP contribution in [0.1, 0.15) is 19.8 Å². The van der Waals surface area contributed by atoms with Gasteiger partial charge in [-0.3, -0.25) is 9.59 Å². The van der Waals surface area contributed by atoms with Gasteiger partial charge in [-0.15, -0.1) is 5.10 Å². The molecule has 8 nitrogen and oxygen atoms in total. The Balaban J connectivity index is 1.83. The number of amides is 2. The van der Waals surface area contributed by atoms with Crippen LogP contribution in [0.2, 0.25) is 0 Å². The molecule has 0 atom stereocenters. The van der Waals surface area contributed by atoms with E-state index in [1.54, 1.807) is 11.1 Å². The fourth-order valence-corrected chi connectivity index (χ4v) is 2.53. The van der Waals surface area contributed by atoms with Gasteiger partial charge in [0.1, 0.15) is 0 Å². The predicted octanol–water partition coefficient (Wildman–Crippen LogP) is 0.108. The van der Waals surface area contributed by atoms with Gasteiger partial charge in [0.2, 0.25) is 11.8 Å². The van der Waals surface area contributed by atoms with Gasteiger partial charge in [0.15, 0.2) is 5.82 Å². The van der Waals surface area contributed by atoms with Gasteiger partial charge in [-0.2, -0.15) is 5.10 Å². The van der Waals surface area contributed by atoms with E-state index in [1.807, 2.05) is 32.0 Å². The summed E-state index contributed by atoms with van der Waals surface area (Å²) < 4.78 is 0. The quantitative estimate of drug-likeness (QED) is 0.795. The maximum absolute atomic E-state index is 12.2. The van der Waals surface area contributed by atoms with Crippen LogP contribution in [-0.2, 0) is 9.59 Å². The second kappa shape index (κ2) is 8.47. The van der Waals surface area contributed by atoms with Crippen molar-refractivity contribution < 1.29 is 9.59 Å². The molecule has 0 aromatic carbocycles. The molecular weight excluding hydrogens is 308 g/mol. The first-order valence-corrected chi connectivity index (χ1v) is 8.30. The standard InChI is InChI=1S/C16H26N6O2/c1-4-5-15(23)17-12-16(24)22-8-6-21(7-9-22)14-10-13(20(2)3)11-18-19-14/h10-11H,4-9,12H2,1-3H3,(H,17,23). The van der Waals surface area contributed by atoms with Crippen molar-refractivity contribution in [1.29, 1.82) is 0 Å². The number of nitrogens with zero attached hydrogens (tertiary/aromatic N) is 5. The molecule has 8 heteroatoms. The molecule has 24 heavy (non-hydrogen) atoms. The summed E-state index contributed by atoms with van der Waals surface area (Å²) in [6.07, 6.45) is 2.97. The van der Waals surface area contributed by atoms with E-state index in [9.17, 15) is 9.59 Å². The second-order valence-electron chi connectivity index (χ2n) is 6.06. The molecule has 1 aromatic heterocycles. The Morgan fingerprint density at radius 3 is 2.58 bits per heavy atom. The number of aromatic nitrogens is 2. The summed E-state index contributed by atoms with van der Waals surface area (Å²) in [5, 5.41) is 10.9. The van der Waals surface area contributed by atoms with Crippen molar-refractivity contribution in [2.24, 2.45) is 0 Å². The smallest absolute Gasteiger partial charge is 0.242 e. The molecule has 0 saturated carbocycles. The van der Waals surface area contributed by atoms with Gasteiger partial charge >= 0.3 is 0 Å². The van der Waals surface area contributed by atoms with Crippen molar-refractivity contribution >= 4 is 23.3 Å². The zero-order chi connectivity index (χ0) is 17.5. The number of piperazine rings is 1. The maximum Gasteiger partial charge on any atom is 0.242 e. The van der Waals surface area contributed by atoms with Crippen molar-refractivity contribution in [1.82, 2.24) is 20.4 Å². The zero-order valence-electron chi connectivity index (χ0n) is 14.7. The highest BCUT2D eigenvalue weighted by atomic mass is 16.2. The fraction of sp³-hybridized carbons (Fsp3) is 0.625. The van der Waals surface area contributed by atoms with Crippen molar-refractivity contribution in [3.63, 3.8) is 0 Å². The Morgan fingerprint density at radius 1 is 1.25 bits per heavy atom. The summed E-state index contributed by atoms with van der Waals surface area (Å²) in [6.45, 7) is 4.68. The van der Waals surface area contributed by atoms with E-state index in [0.717, 1.165) is 17.9 Å². The number of rotatable bonds is 6. The average Bonchev–Trinajstić information content (AvgIpc) is 2.60. The number of carbonyl (C=O) groups excluding carboxylic acids is 2. The van der Waals surface area contributed by atoms with Crippen LogP contribution in [0.5, 0.6) is 0 Å².